The first-order valence-electron chi connectivity index (χ1n) is 11.0. The fraction of sp³-hybridized carbons (Fsp3) is 0.120. The first-order chi connectivity index (χ1) is 18.8. The Morgan fingerprint density at radius 3 is 2.17 bits per heavy atom. The molecule has 0 aliphatic rings. The average molecular weight is 568 g/mol. The van der Waals surface area contributed by atoms with Gasteiger partial charge in [-0.1, -0.05) is 0 Å². The number of urea groups is 1. The predicted molar refractivity (Wildman–Crippen MR) is 125 cm³/mol. The van der Waals surface area contributed by atoms with Gasteiger partial charge >= 0.3 is 6.03 Å². The van der Waals surface area contributed by atoms with Crippen LogP contribution in [0.2, 0.25) is 0 Å². The number of hydrogen-bond donors (Lipinski definition) is 6. The molecule has 1 aromatic heterocycles. The van der Waals surface area contributed by atoms with E-state index in [2.05, 4.69) is 5.32 Å². The SMILES string of the molecule is NC(=O)Nc1c(C(=O)c2cc(O)ccc2O)oc2cc(OC(c3c(F)c(F)c(F)c(F)c3F)C(O)CO)ccc12. The van der Waals surface area contributed by atoms with Crippen molar-refractivity contribution >= 4 is 28.5 Å². The van der Waals surface area contributed by atoms with Crippen molar-refractivity contribution in [1.29, 1.82) is 0 Å². The van der Waals surface area contributed by atoms with Gasteiger partial charge in [0.1, 0.15) is 34.6 Å². The number of primary amides is 1. The number of benzene rings is 3. The Morgan fingerprint density at radius 2 is 1.57 bits per heavy atom. The molecule has 2 amide bonds. The van der Waals surface area contributed by atoms with Crippen LogP contribution >= 0.6 is 0 Å². The molecule has 0 fully saturated rings. The van der Waals surface area contributed by atoms with E-state index in [-0.39, 0.29) is 22.4 Å². The summed E-state index contributed by atoms with van der Waals surface area (Å²) in [6, 6.07) is 5.09. The van der Waals surface area contributed by atoms with Crippen LogP contribution in [0.15, 0.2) is 40.8 Å². The van der Waals surface area contributed by atoms with Crippen molar-refractivity contribution in [3.63, 3.8) is 0 Å². The van der Waals surface area contributed by atoms with Crippen LogP contribution < -0.4 is 15.8 Å². The Hall–Kier alpha value is -4.89. The predicted octanol–water partition coefficient (Wildman–Crippen LogP) is 3.73. The zero-order chi connectivity index (χ0) is 29.5. The number of ketones is 1. The van der Waals surface area contributed by atoms with Gasteiger partial charge in [-0.05, 0) is 30.3 Å². The van der Waals surface area contributed by atoms with Crippen molar-refractivity contribution in [2.45, 2.75) is 12.2 Å². The van der Waals surface area contributed by atoms with Gasteiger partial charge < -0.3 is 40.6 Å². The highest BCUT2D eigenvalue weighted by atomic mass is 19.2. The Labute approximate surface area is 219 Å². The minimum Gasteiger partial charge on any atom is -0.508 e. The molecule has 4 rings (SSSR count). The van der Waals surface area contributed by atoms with Gasteiger partial charge in [0.2, 0.25) is 11.6 Å². The number of anilines is 1. The molecule has 7 N–H and O–H groups in total. The third-order valence-corrected chi connectivity index (χ3v) is 5.67. The third-order valence-electron chi connectivity index (χ3n) is 5.67. The van der Waals surface area contributed by atoms with Crippen LogP contribution in [0.1, 0.15) is 27.8 Å². The van der Waals surface area contributed by atoms with Gasteiger partial charge in [-0.25, -0.2) is 26.7 Å². The zero-order valence-electron chi connectivity index (χ0n) is 19.7. The summed E-state index contributed by atoms with van der Waals surface area (Å²) in [6.07, 6.45) is -4.51. The van der Waals surface area contributed by atoms with Crippen molar-refractivity contribution in [3.8, 4) is 17.2 Å². The number of aliphatic hydroxyl groups excluding tert-OH is 2. The highest BCUT2D eigenvalue weighted by Gasteiger charge is 2.35. The number of furan rings is 1. The minimum absolute atomic E-state index is 0.00429. The first-order valence-corrected chi connectivity index (χ1v) is 11.0. The van der Waals surface area contributed by atoms with Crippen LogP contribution in [0.5, 0.6) is 17.2 Å². The Morgan fingerprint density at radius 1 is 0.950 bits per heavy atom. The zero-order valence-corrected chi connectivity index (χ0v) is 19.7. The lowest BCUT2D eigenvalue weighted by atomic mass is 10.0. The second kappa shape index (κ2) is 10.7. The lowest BCUT2D eigenvalue weighted by Crippen LogP contribution is -2.30. The van der Waals surface area contributed by atoms with Crippen LogP contribution in [0, 0.1) is 29.1 Å². The van der Waals surface area contributed by atoms with Crippen molar-refractivity contribution in [2.24, 2.45) is 5.73 Å². The number of halogens is 5. The molecule has 210 valence electrons. The molecule has 2 atom stereocenters. The number of nitrogens with one attached hydrogen (secondary N) is 1. The summed E-state index contributed by atoms with van der Waals surface area (Å²) in [7, 11) is 0. The summed E-state index contributed by atoms with van der Waals surface area (Å²) < 4.78 is 80.9. The summed E-state index contributed by atoms with van der Waals surface area (Å²) in [5.41, 5.74) is 2.65. The topological polar surface area (TPSA) is 175 Å². The number of carbonyl (C=O) groups is 2. The molecule has 3 aromatic carbocycles. The highest BCUT2D eigenvalue weighted by Crippen LogP contribution is 2.38. The van der Waals surface area contributed by atoms with Crippen molar-refractivity contribution in [1.82, 2.24) is 0 Å². The summed E-state index contributed by atoms with van der Waals surface area (Å²) in [5, 5.41) is 41.4. The van der Waals surface area contributed by atoms with E-state index in [4.69, 9.17) is 14.9 Å². The maximum atomic E-state index is 14.5. The molecule has 0 saturated heterocycles. The highest BCUT2D eigenvalue weighted by molar-refractivity contribution is 6.18. The standard InChI is InChI=1S/C25H17F5N2O8/c26-16-15(17(27)19(29)20(30)18(16)28)23(13(36)7-33)39-9-2-3-10-14(6-9)40-24(21(10)32-25(31)38)22(37)11-5-8(34)1-4-12(11)35/h1-6,13,23,33-36H,7H2,(H3,31,32,38). The van der Waals surface area contributed by atoms with E-state index >= 15 is 0 Å². The number of rotatable bonds is 8. The molecule has 2 unspecified atom stereocenters. The largest absolute Gasteiger partial charge is 0.508 e. The van der Waals surface area contributed by atoms with E-state index in [9.17, 15) is 52.0 Å². The summed E-state index contributed by atoms with van der Waals surface area (Å²) >= 11 is 0. The summed E-state index contributed by atoms with van der Waals surface area (Å²) in [5.74, 6) is -14.6. The van der Waals surface area contributed by atoms with Crippen molar-refractivity contribution in [2.75, 3.05) is 11.9 Å². The molecule has 0 aliphatic heterocycles. The minimum atomic E-state index is -2.45. The number of carbonyl (C=O) groups excluding carboxylic acids is 2. The number of aliphatic hydroxyl groups is 2. The lowest BCUT2D eigenvalue weighted by molar-refractivity contribution is -0.00579. The van der Waals surface area contributed by atoms with Crippen LogP contribution in [0.4, 0.5) is 32.4 Å². The Kier molecular flexibility index (Phi) is 7.53. The van der Waals surface area contributed by atoms with Gasteiger partial charge in [-0.2, -0.15) is 0 Å². The number of ether oxygens (including phenoxy) is 1. The number of hydrogen-bond acceptors (Lipinski definition) is 8. The maximum Gasteiger partial charge on any atom is 0.316 e. The Balaban J connectivity index is 1.83. The maximum absolute atomic E-state index is 14.5. The van der Waals surface area contributed by atoms with Crippen LogP contribution in [0.25, 0.3) is 11.0 Å². The quantitative estimate of drug-likeness (QED) is 0.0613. The Bertz CT molecular complexity index is 1630. The number of nitrogens with two attached hydrogens (primary N) is 1. The van der Waals surface area contributed by atoms with Gasteiger partial charge in [0.15, 0.2) is 35.1 Å². The molecule has 10 nitrogen and oxygen atoms in total. The van der Waals surface area contributed by atoms with Gasteiger partial charge in [0, 0.05) is 11.5 Å². The van der Waals surface area contributed by atoms with E-state index in [1.54, 1.807) is 0 Å². The number of amides is 2. The lowest BCUT2D eigenvalue weighted by Gasteiger charge is -2.24. The molecule has 4 aromatic rings. The number of fused-ring (bicyclic) bond motifs is 1. The van der Waals surface area contributed by atoms with E-state index in [0.29, 0.717) is 0 Å². The number of aromatic hydroxyl groups is 2. The monoisotopic (exact) mass is 568 g/mol. The molecule has 0 radical (unpaired) electrons. The van der Waals surface area contributed by atoms with Crippen LogP contribution in [-0.2, 0) is 0 Å². The van der Waals surface area contributed by atoms with E-state index in [0.717, 1.165) is 36.4 Å². The fourth-order valence-corrected chi connectivity index (χ4v) is 3.83. The van der Waals surface area contributed by atoms with Gasteiger partial charge in [0.25, 0.3) is 0 Å². The molecule has 0 spiro atoms. The number of phenols is 2. The first kappa shape index (κ1) is 28.1. The second-order valence-corrected chi connectivity index (χ2v) is 8.26. The molecule has 1 heterocycles. The molecule has 15 heteroatoms. The van der Waals surface area contributed by atoms with Gasteiger partial charge in [-0.3, -0.25) is 4.79 Å². The summed E-state index contributed by atoms with van der Waals surface area (Å²) in [6.45, 7) is -1.22. The summed E-state index contributed by atoms with van der Waals surface area (Å²) in [4.78, 5) is 24.7. The van der Waals surface area contributed by atoms with Crippen molar-refractivity contribution in [3.05, 3.63) is 82.4 Å². The molecular formula is C25H17F5N2O8. The van der Waals surface area contributed by atoms with E-state index < -0.39 is 88.1 Å². The van der Waals surface area contributed by atoms with E-state index in [1.807, 2.05) is 0 Å². The fourth-order valence-electron chi connectivity index (χ4n) is 3.83. The molecular weight excluding hydrogens is 551 g/mol. The molecule has 0 saturated carbocycles. The molecule has 0 bridgehead atoms. The van der Waals surface area contributed by atoms with Gasteiger partial charge in [-0.15, -0.1) is 0 Å². The smallest absolute Gasteiger partial charge is 0.316 e. The van der Waals surface area contributed by atoms with E-state index in [1.165, 1.54) is 0 Å². The van der Waals surface area contributed by atoms with Crippen molar-refractivity contribution < 1.29 is 61.1 Å². The average Bonchev–Trinajstić information content (AvgIpc) is 3.27. The second-order valence-electron chi connectivity index (χ2n) is 8.26. The molecule has 0 aliphatic carbocycles. The van der Waals surface area contributed by atoms with Crippen LogP contribution in [0.3, 0.4) is 0 Å². The van der Waals surface area contributed by atoms with Gasteiger partial charge in [0.05, 0.1) is 17.7 Å². The normalized spacial score (nSPS) is 12.8. The van der Waals surface area contributed by atoms with Crippen LogP contribution in [-0.4, -0.2) is 45.0 Å². The molecule has 40 heavy (non-hydrogen) atoms. The number of phenolic OH excluding ortho intramolecular Hbond substituents is 2. The third kappa shape index (κ3) is 4.94.